The Morgan fingerprint density at radius 1 is 0.933 bits per heavy atom. The van der Waals surface area contributed by atoms with E-state index in [1.165, 1.54) is 0 Å². The molecule has 0 amide bonds. The van der Waals surface area contributed by atoms with Crippen molar-refractivity contribution < 1.29 is 60.3 Å². The summed E-state index contributed by atoms with van der Waals surface area (Å²) in [5.74, 6) is 0. The molecule has 0 aromatic heterocycles. The van der Waals surface area contributed by atoms with Gasteiger partial charge in [-0.15, -0.1) is 10.2 Å². The fourth-order valence-electron chi connectivity index (χ4n) is 0.329. The Morgan fingerprint density at radius 2 is 1.20 bits per heavy atom. The molecule has 0 aliphatic heterocycles. The average molecular weight is 447 g/mol. The van der Waals surface area contributed by atoms with Crippen LogP contribution in [-0.2, 0) is 31.4 Å². The van der Waals surface area contributed by atoms with Crippen LogP contribution in [0.1, 0.15) is 26.7 Å². The van der Waals surface area contributed by atoms with Gasteiger partial charge in [0.25, 0.3) is 0 Å². The summed E-state index contributed by atoms with van der Waals surface area (Å²) in [5, 5.41) is 0. The van der Waals surface area contributed by atoms with Gasteiger partial charge < -0.3 is 9.05 Å². The molecule has 0 fully saturated rings. The smallest absolute Gasteiger partial charge is 0.336 e. The molecule has 0 aromatic carbocycles. The Kier molecular flexibility index (Phi) is 21.8. The molecule has 0 saturated heterocycles. The first-order chi connectivity index (χ1) is 6.41. The second-order valence-corrected chi connectivity index (χ2v) is 3.66. The molecular weight excluding hydrogens is 431 g/mol. The van der Waals surface area contributed by atoms with Crippen molar-refractivity contribution in [1.29, 1.82) is 0 Å². The molecule has 98 valence electrons. The molecule has 6 nitrogen and oxygen atoms in total. The molecule has 0 rings (SSSR count). The summed E-state index contributed by atoms with van der Waals surface area (Å²) in [7, 11) is -4.70. The molecule has 9 heteroatoms. The van der Waals surface area contributed by atoms with Crippen molar-refractivity contribution in [3.8, 4) is 0 Å². The molecule has 0 heterocycles. The zero-order chi connectivity index (χ0) is 11.4. The number of halogens is 1. The Hall–Kier alpha value is 1.22. The van der Waals surface area contributed by atoms with Crippen LogP contribution in [0, 0.1) is 10.2 Å². The minimum atomic E-state index is -4.94. The topological polar surface area (TPSA) is 111 Å². The monoisotopic (exact) mass is 446 g/mol. The van der Waals surface area contributed by atoms with Gasteiger partial charge in [-0.2, -0.15) is 0 Å². The number of hydrogen-bond acceptors (Lipinski definition) is 6. The zero-order valence-corrected chi connectivity index (χ0v) is 12.4. The summed E-state index contributed by atoms with van der Waals surface area (Å²) in [6.07, 6.45) is 2.14. The van der Waals surface area contributed by atoms with Crippen molar-refractivity contribution in [2.24, 2.45) is 0 Å². The van der Waals surface area contributed by atoms with Gasteiger partial charge >= 0.3 is 22.4 Å². The molecule has 0 aliphatic carbocycles. The summed E-state index contributed by atoms with van der Waals surface area (Å²) in [6.45, 7) is 5.82. The van der Waals surface area contributed by atoms with Gasteiger partial charge in [-0.1, -0.05) is 13.8 Å². The van der Waals surface area contributed by atoms with Gasteiger partial charge in [-0.25, -0.2) is 18.6 Å². The van der Waals surface area contributed by atoms with Gasteiger partial charge in [0.2, 0.25) is 0 Å². The van der Waals surface area contributed by atoms with Crippen LogP contribution in [0.5, 0.6) is 0 Å². The van der Waals surface area contributed by atoms with Gasteiger partial charge in [0.15, 0.2) is 9.03 Å². The van der Waals surface area contributed by atoms with Crippen LogP contribution in [0.25, 0.3) is 0 Å². The van der Waals surface area contributed by atoms with Crippen molar-refractivity contribution in [2.75, 3.05) is 13.2 Å². The van der Waals surface area contributed by atoms with E-state index in [0.29, 0.717) is 0 Å². The molecule has 15 heavy (non-hydrogen) atoms. The van der Waals surface area contributed by atoms with Crippen molar-refractivity contribution in [3.05, 3.63) is 0 Å². The fourth-order valence-corrected chi connectivity index (χ4v) is 0.987. The van der Waals surface area contributed by atoms with Crippen molar-refractivity contribution in [1.82, 2.24) is 0 Å². The van der Waals surface area contributed by atoms with E-state index in [2.05, 4.69) is 13.8 Å². The van der Waals surface area contributed by atoms with Crippen LogP contribution >= 0.6 is 9.03 Å². The minimum Gasteiger partial charge on any atom is -0.336 e. The average Bonchev–Trinajstić information content (AvgIpc) is 2.01. The van der Waals surface area contributed by atoms with Gasteiger partial charge in [-0.05, 0) is 12.8 Å². The van der Waals surface area contributed by atoms with Crippen LogP contribution in [0.2, 0.25) is 0 Å². The molecule has 0 spiro atoms. The van der Waals surface area contributed by atoms with E-state index in [9.17, 15) is 0 Å². The Balaban J connectivity index is -0.000000208. The molecule has 0 saturated carbocycles. The molecular formula is C6H15AuClO6P. The third-order valence-electron chi connectivity index (χ3n) is 0.730. The predicted octanol–water partition coefficient (Wildman–Crippen LogP) is -2.41. The Morgan fingerprint density at radius 3 is 1.40 bits per heavy atom. The fraction of sp³-hybridized carbons (Fsp3) is 1.00. The second-order valence-electron chi connectivity index (χ2n) is 2.16. The molecule has 0 unspecified atom stereocenters. The van der Waals surface area contributed by atoms with E-state index in [1.54, 1.807) is 0 Å². The normalized spacial score (nSPS) is 10.0. The van der Waals surface area contributed by atoms with Gasteiger partial charge in [0, 0.05) is 0 Å². The first-order valence-electron chi connectivity index (χ1n) is 4.02. The summed E-state index contributed by atoms with van der Waals surface area (Å²) in [6, 6.07) is 0. The van der Waals surface area contributed by atoms with Crippen molar-refractivity contribution in [3.63, 3.8) is 0 Å². The number of hydrogen-bond donors (Lipinski definition) is 0. The maximum absolute atomic E-state index is 8.49. The summed E-state index contributed by atoms with van der Waals surface area (Å²) in [5.41, 5.74) is 0. The summed E-state index contributed by atoms with van der Waals surface area (Å²) >= 11 is 0. The second kappa shape index (κ2) is 15.2. The largest absolute Gasteiger partial charge is 1.00 e. The van der Waals surface area contributed by atoms with E-state index >= 15 is 0 Å². The standard InChI is InChI=1S/C6H15O2P.Au.ClHO4/c1-3-5-7-9-8-6-4-2;;2-1(3,4)5/h9H,3-6H2,1-2H3;;(H,2,3,4,5)/q;+1;/p-1. The van der Waals surface area contributed by atoms with E-state index in [1.807, 2.05) is 0 Å². The van der Waals surface area contributed by atoms with E-state index in [0.717, 1.165) is 26.1 Å². The summed E-state index contributed by atoms with van der Waals surface area (Å²) in [4.78, 5) is 0. The van der Waals surface area contributed by atoms with Crippen LogP contribution in [0.3, 0.4) is 0 Å². The zero-order valence-electron chi connectivity index (χ0n) is 8.46. The molecule has 0 atom stereocenters. The van der Waals surface area contributed by atoms with Crippen LogP contribution in [0.4, 0.5) is 0 Å². The van der Waals surface area contributed by atoms with Crippen molar-refractivity contribution >= 4 is 9.03 Å². The maximum Gasteiger partial charge on any atom is 1.00 e. The van der Waals surface area contributed by atoms with Gasteiger partial charge in [0.1, 0.15) is 0 Å². The van der Waals surface area contributed by atoms with E-state index in [-0.39, 0.29) is 31.4 Å². The molecule has 0 aliphatic rings. The maximum atomic E-state index is 8.49. The van der Waals surface area contributed by atoms with E-state index < -0.39 is 10.2 Å². The molecule has 0 radical (unpaired) electrons. The summed E-state index contributed by atoms with van der Waals surface area (Å²) < 4.78 is 44.2. The quantitative estimate of drug-likeness (QED) is 0.255. The van der Waals surface area contributed by atoms with Crippen LogP contribution in [0.15, 0.2) is 0 Å². The van der Waals surface area contributed by atoms with Gasteiger partial charge in [0.05, 0.1) is 13.2 Å². The van der Waals surface area contributed by atoms with Crippen LogP contribution < -0.4 is 18.6 Å². The third-order valence-corrected chi connectivity index (χ3v) is 1.37. The predicted molar refractivity (Wildman–Crippen MR) is 40.8 cm³/mol. The number of rotatable bonds is 6. The van der Waals surface area contributed by atoms with Crippen molar-refractivity contribution in [2.45, 2.75) is 26.7 Å². The molecule has 0 N–H and O–H groups in total. The first kappa shape index (κ1) is 21.5. The van der Waals surface area contributed by atoms with E-state index in [4.69, 9.17) is 27.7 Å². The third kappa shape index (κ3) is 51.0. The first-order valence-corrected chi connectivity index (χ1v) is 6.07. The molecule has 0 aromatic rings. The molecule has 0 bridgehead atoms. The Bertz CT molecular complexity index is 102. The van der Waals surface area contributed by atoms with Gasteiger partial charge in [-0.3, -0.25) is 0 Å². The SMILES string of the molecule is CCCOPOCCC.[Au+].[O-][Cl+3]([O-])([O-])[O-]. The van der Waals surface area contributed by atoms with Crippen LogP contribution in [-0.4, -0.2) is 13.2 Å². The Labute approximate surface area is 109 Å². The minimum absolute atomic E-state index is 0.